The summed E-state index contributed by atoms with van der Waals surface area (Å²) in [5.74, 6) is -0.598. The number of hydrogen-bond donors (Lipinski definition) is 1. The molecule has 0 saturated carbocycles. The van der Waals surface area contributed by atoms with E-state index in [4.69, 9.17) is 0 Å². The lowest BCUT2D eigenvalue weighted by atomic mass is 10.1. The van der Waals surface area contributed by atoms with E-state index in [1.54, 1.807) is 0 Å². The van der Waals surface area contributed by atoms with Crippen LogP contribution < -0.4 is 9.62 Å². The average molecular weight is 443 g/mol. The Morgan fingerprint density at radius 1 is 0.966 bits per heavy atom. The zero-order valence-corrected chi connectivity index (χ0v) is 17.8. The van der Waals surface area contributed by atoms with Gasteiger partial charge in [0.05, 0.1) is 27.9 Å². The number of aromatic nitrogens is 1. The van der Waals surface area contributed by atoms with Crippen molar-refractivity contribution >= 4 is 31.4 Å². The molecule has 0 bridgehead atoms. The van der Waals surface area contributed by atoms with Crippen molar-refractivity contribution in [2.75, 3.05) is 36.8 Å². The van der Waals surface area contributed by atoms with E-state index in [0.29, 0.717) is 13.1 Å². The highest BCUT2D eigenvalue weighted by molar-refractivity contribution is 7.92. The standard InChI is InChI=1S/C18H23FN4O4S2/c1-22(2)29(26,27)15-8-6-14(7-9-15)28(24,25)21-17-13-20-12-16(19)18(17)23-10-4-3-5-11-23/h6-9,12-13,21H,3-5,10-11H2,1-2H3. The fourth-order valence-corrected chi connectivity index (χ4v) is 5.10. The van der Waals surface area contributed by atoms with Gasteiger partial charge in [-0.15, -0.1) is 0 Å². The van der Waals surface area contributed by atoms with Gasteiger partial charge < -0.3 is 4.90 Å². The number of anilines is 2. The summed E-state index contributed by atoms with van der Waals surface area (Å²) in [6, 6.07) is 4.84. The molecule has 11 heteroatoms. The Balaban J connectivity index is 1.91. The van der Waals surface area contributed by atoms with Crippen LogP contribution in [0.2, 0.25) is 0 Å². The first-order chi connectivity index (χ1) is 13.6. The van der Waals surface area contributed by atoms with Crippen molar-refractivity contribution in [2.45, 2.75) is 29.1 Å². The molecule has 0 atom stereocenters. The number of nitrogens with one attached hydrogen (secondary N) is 1. The lowest BCUT2D eigenvalue weighted by molar-refractivity contribution is 0.520. The summed E-state index contributed by atoms with van der Waals surface area (Å²) in [6.07, 6.45) is 5.18. The third-order valence-electron chi connectivity index (χ3n) is 4.70. The number of pyridine rings is 1. The maximum atomic E-state index is 14.5. The van der Waals surface area contributed by atoms with Gasteiger partial charge in [-0.3, -0.25) is 9.71 Å². The molecule has 1 saturated heterocycles. The maximum Gasteiger partial charge on any atom is 0.262 e. The molecule has 1 aromatic carbocycles. The van der Waals surface area contributed by atoms with Crippen molar-refractivity contribution in [3.63, 3.8) is 0 Å². The van der Waals surface area contributed by atoms with Crippen LogP contribution in [0.3, 0.4) is 0 Å². The molecule has 2 aromatic rings. The summed E-state index contributed by atoms with van der Waals surface area (Å²) >= 11 is 0. The molecule has 1 N–H and O–H groups in total. The number of rotatable bonds is 6. The SMILES string of the molecule is CN(C)S(=O)(=O)c1ccc(S(=O)(=O)Nc2cncc(F)c2N2CCCCC2)cc1. The molecule has 1 fully saturated rings. The normalized spacial score (nSPS) is 15.5. The summed E-state index contributed by atoms with van der Waals surface area (Å²) in [4.78, 5) is 5.42. The second kappa shape index (κ2) is 8.25. The lowest BCUT2D eigenvalue weighted by Gasteiger charge is -2.30. The van der Waals surface area contributed by atoms with E-state index in [0.717, 1.165) is 29.8 Å². The van der Waals surface area contributed by atoms with Crippen molar-refractivity contribution in [3.8, 4) is 0 Å². The number of hydrogen-bond acceptors (Lipinski definition) is 6. The number of piperidine rings is 1. The van der Waals surface area contributed by atoms with Gasteiger partial charge in [0.25, 0.3) is 10.0 Å². The molecule has 1 aliphatic rings. The van der Waals surface area contributed by atoms with Gasteiger partial charge in [0.15, 0.2) is 5.82 Å². The smallest absolute Gasteiger partial charge is 0.262 e. The molecule has 0 amide bonds. The van der Waals surface area contributed by atoms with Crippen LogP contribution in [0.15, 0.2) is 46.5 Å². The van der Waals surface area contributed by atoms with Crippen molar-refractivity contribution in [1.82, 2.24) is 9.29 Å². The maximum absolute atomic E-state index is 14.5. The molecule has 1 aliphatic heterocycles. The summed E-state index contributed by atoms with van der Waals surface area (Å²) in [7, 11) is -4.96. The van der Waals surface area contributed by atoms with Gasteiger partial charge in [-0.2, -0.15) is 0 Å². The minimum Gasteiger partial charge on any atom is -0.367 e. The number of nitrogens with zero attached hydrogens (tertiary/aromatic N) is 3. The highest BCUT2D eigenvalue weighted by Gasteiger charge is 2.24. The highest BCUT2D eigenvalue weighted by atomic mass is 32.2. The van der Waals surface area contributed by atoms with Crippen LogP contribution in [0.25, 0.3) is 0 Å². The van der Waals surface area contributed by atoms with Crippen LogP contribution >= 0.6 is 0 Å². The first kappa shape index (κ1) is 21.5. The summed E-state index contributed by atoms with van der Waals surface area (Å²) in [5.41, 5.74) is 0.229. The van der Waals surface area contributed by atoms with E-state index >= 15 is 0 Å². The molecule has 1 aromatic heterocycles. The van der Waals surface area contributed by atoms with Gasteiger partial charge in [-0.05, 0) is 43.5 Å². The summed E-state index contributed by atoms with van der Waals surface area (Å²) < 4.78 is 67.8. The zero-order chi connectivity index (χ0) is 21.2. The molecule has 0 unspecified atom stereocenters. The van der Waals surface area contributed by atoms with Crippen molar-refractivity contribution in [2.24, 2.45) is 0 Å². The monoisotopic (exact) mass is 442 g/mol. The van der Waals surface area contributed by atoms with Crippen LogP contribution in [0.4, 0.5) is 15.8 Å². The molecule has 158 valence electrons. The third-order valence-corrected chi connectivity index (χ3v) is 7.91. The Morgan fingerprint density at radius 3 is 2.14 bits per heavy atom. The quantitative estimate of drug-likeness (QED) is 0.737. The number of sulfonamides is 2. The molecular weight excluding hydrogens is 419 g/mol. The van der Waals surface area contributed by atoms with Gasteiger partial charge in [-0.25, -0.2) is 25.5 Å². The first-order valence-corrected chi connectivity index (χ1v) is 12.0. The van der Waals surface area contributed by atoms with Gasteiger partial charge in [-0.1, -0.05) is 0 Å². The topological polar surface area (TPSA) is 99.7 Å². The van der Waals surface area contributed by atoms with Crippen molar-refractivity contribution in [3.05, 3.63) is 42.5 Å². The summed E-state index contributed by atoms with van der Waals surface area (Å²) in [5, 5.41) is 0. The highest BCUT2D eigenvalue weighted by Crippen LogP contribution is 2.32. The van der Waals surface area contributed by atoms with Crippen LogP contribution in [0, 0.1) is 5.82 Å². The van der Waals surface area contributed by atoms with Gasteiger partial charge in [0.2, 0.25) is 10.0 Å². The molecule has 3 rings (SSSR count). The summed E-state index contributed by atoms with van der Waals surface area (Å²) in [6.45, 7) is 1.26. The minimum atomic E-state index is -4.07. The van der Waals surface area contributed by atoms with Crippen LogP contribution in [-0.4, -0.2) is 53.3 Å². The zero-order valence-electron chi connectivity index (χ0n) is 16.2. The minimum absolute atomic E-state index is 0.0251. The molecular formula is C18H23FN4O4S2. The third kappa shape index (κ3) is 4.51. The Bertz CT molecular complexity index is 1080. The Morgan fingerprint density at radius 2 is 1.55 bits per heavy atom. The Kier molecular flexibility index (Phi) is 6.11. The van der Waals surface area contributed by atoms with Crippen LogP contribution in [0.5, 0.6) is 0 Å². The Labute approximate surface area is 170 Å². The van der Waals surface area contributed by atoms with Gasteiger partial charge >= 0.3 is 0 Å². The fourth-order valence-electron chi connectivity index (χ4n) is 3.15. The van der Waals surface area contributed by atoms with E-state index in [9.17, 15) is 21.2 Å². The van der Waals surface area contributed by atoms with Crippen molar-refractivity contribution < 1.29 is 21.2 Å². The van der Waals surface area contributed by atoms with E-state index in [1.165, 1.54) is 44.6 Å². The average Bonchev–Trinajstić information content (AvgIpc) is 2.68. The number of benzene rings is 1. The van der Waals surface area contributed by atoms with E-state index < -0.39 is 25.9 Å². The van der Waals surface area contributed by atoms with Crippen LogP contribution in [0.1, 0.15) is 19.3 Å². The molecule has 29 heavy (non-hydrogen) atoms. The predicted octanol–water partition coefficient (Wildman–Crippen LogP) is 2.26. The second-order valence-electron chi connectivity index (χ2n) is 6.93. The van der Waals surface area contributed by atoms with E-state index in [-0.39, 0.29) is 21.2 Å². The first-order valence-electron chi connectivity index (χ1n) is 9.07. The predicted molar refractivity (Wildman–Crippen MR) is 108 cm³/mol. The molecule has 8 nitrogen and oxygen atoms in total. The van der Waals surface area contributed by atoms with Gasteiger partial charge in [0, 0.05) is 27.2 Å². The van der Waals surface area contributed by atoms with E-state index in [2.05, 4.69) is 9.71 Å². The largest absolute Gasteiger partial charge is 0.367 e. The molecule has 2 heterocycles. The second-order valence-corrected chi connectivity index (χ2v) is 10.8. The van der Waals surface area contributed by atoms with Crippen molar-refractivity contribution in [1.29, 1.82) is 0 Å². The molecule has 0 aliphatic carbocycles. The fraction of sp³-hybridized carbons (Fsp3) is 0.389. The molecule has 0 radical (unpaired) electrons. The number of halogens is 1. The van der Waals surface area contributed by atoms with Crippen LogP contribution in [-0.2, 0) is 20.0 Å². The van der Waals surface area contributed by atoms with Gasteiger partial charge in [0.1, 0.15) is 5.69 Å². The Hall–Kier alpha value is -2.24. The molecule has 0 spiro atoms. The lowest BCUT2D eigenvalue weighted by Crippen LogP contribution is -2.31. The van der Waals surface area contributed by atoms with E-state index in [1.807, 2.05) is 4.90 Å².